The molecule has 0 saturated carbocycles. The van der Waals surface area contributed by atoms with Crippen molar-refractivity contribution < 1.29 is 24.6 Å². The second kappa shape index (κ2) is 4.08. The van der Waals surface area contributed by atoms with Crippen molar-refractivity contribution in [3.8, 4) is 0 Å². The molecule has 6 nitrogen and oxygen atoms in total. The third-order valence-corrected chi connectivity index (χ3v) is 2.18. The molecule has 0 aliphatic carbocycles. The molecule has 2 N–H and O–H groups in total. The molecule has 0 aromatic carbocycles. The topological polar surface area (TPSA) is 94.9 Å². The van der Waals surface area contributed by atoms with Crippen molar-refractivity contribution in [2.75, 3.05) is 6.54 Å². The molecule has 1 rings (SSSR count). The van der Waals surface area contributed by atoms with Crippen molar-refractivity contribution in [1.82, 2.24) is 4.90 Å². The van der Waals surface area contributed by atoms with E-state index >= 15 is 0 Å². The fraction of sp³-hybridized carbons (Fsp3) is 0.625. The van der Waals surface area contributed by atoms with Gasteiger partial charge in [-0.3, -0.25) is 9.59 Å². The van der Waals surface area contributed by atoms with E-state index in [9.17, 15) is 14.4 Å². The lowest BCUT2D eigenvalue weighted by Crippen LogP contribution is -2.39. The molecular weight excluding hydrogens is 190 g/mol. The number of hydrogen-bond donors (Lipinski definition) is 2. The van der Waals surface area contributed by atoms with Gasteiger partial charge in [0, 0.05) is 13.0 Å². The molecule has 1 fully saturated rings. The number of nitrogens with zero attached hydrogens (tertiary/aromatic N) is 1. The summed E-state index contributed by atoms with van der Waals surface area (Å²) in [7, 11) is 0. The van der Waals surface area contributed by atoms with Crippen LogP contribution in [-0.2, 0) is 14.4 Å². The van der Waals surface area contributed by atoms with Gasteiger partial charge in [-0.25, -0.2) is 4.79 Å². The summed E-state index contributed by atoms with van der Waals surface area (Å²) in [5, 5.41) is 17.1. The molecule has 0 aromatic rings. The van der Waals surface area contributed by atoms with Crippen LogP contribution in [0.2, 0.25) is 0 Å². The number of likely N-dealkylation sites (tertiary alicyclic amines) is 1. The zero-order valence-electron chi connectivity index (χ0n) is 7.47. The monoisotopic (exact) mass is 201 g/mol. The fourth-order valence-corrected chi connectivity index (χ4v) is 1.49. The summed E-state index contributed by atoms with van der Waals surface area (Å²) < 4.78 is 0. The standard InChI is InChI=1S/C8H11NO5/c10-6-2-1-5(8(13)14)9(6)4-3-7(11)12/h5H,1-4H2,(H,11,12)(H,13,14). The van der Waals surface area contributed by atoms with E-state index in [1.54, 1.807) is 0 Å². The molecule has 1 atom stereocenters. The Balaban J connectivity index is 2.58. The minimum atomic E-state index is -1.07. The fourth-order valence-electron chi connectivity index (χ4n) is 1.49. The lowest BCUT2D eigenvalue weighted by molar-refractivity contribution is -0.147. The molecule has 1 aliphatic rings. The van der Waals surface area contributed by atoms with E-state index in [1.165, 1.54) is 0 Å². The van der Waals surface area contributed by atoms with Gasteiger partial charge in [0.15, 0.2) is 0 Å². The first-order chi connectivity index (χ1) is 6.52. The second-order valence-electron chi connectivity index (χ2n) is 3.12. The Labute approximate surface area is 80.1 Å². The minimum Gasteiger partial charge on any atom is -0.481 e. The van der Waals surface area contributed by atoms with E-state index in [4.69, 9.17) is 10.2 Å². The van der Waals surface area contributed by atoms with Crippen molar-refractivity contribution in [3.63, 3.8) is 0 Å². The number of aliphatic carboxylic acids is 2. The highest BCUT2D eigenvalue weighted by molar-refractivity contribution is 5.87. The maximum Gasteiger partial charge on any atom is 0.326 e. The van der Waals surface area contributed by atoms with E-state index in [0.29, 0.717) is 0 Å². The average Bonchev–Trinajstić information content (AvgIpc) is 2.43. The maximum atomic E-state index is 11.2. The number of carbonyl (C=O) groups excluding carboxylic acids is 1. The number of carboxylic acids is 2. The van der Waals surface area contributed by atoms with Crippen LogP contribution in [0.25, 0.3) is 0 Å². The van der Waals surface area contributed by atoms with Gasteiger partial charge in [-0.15, -0.1) is 0 Å². The van der Waals surface area contributed by atoms with Gasteiger partial charge in [-0.2, -0.15) is 0 Å². The van der Waals surface area contributed by atoms with Gasteiger partial charge >= 0.3 is 11.9 Å². The second-order valence-corrected chi connectivity index (χ2v) is 3.12. The summed E-state index contributed by atoms with van der Waals surface area (Å²) >= 11 is 0. The first-order valence-corrected chi connectivity index (χ1v) is 4.26. The smallest absolute Gasteiger partial charge is 0.326 e. The molecule has 1 saturated heterocycles. The largest absolute Gasteiger partial charge is 0.481 e. The molecule has 78 valence electrons. The van der Waals surface area contributed by atoms with E-state index < -0.39 is 18.0 Å². The van der Waals surface area contributed by atoms with E-state index in [-0.39, 0.29) is 31.7 Å². The molecule has 1 aliphatic heterocycles. The maximum absolute atomic E-state index is 11.2. The third kappa shape index (κ3) is 2.21. The molecular formula is C8H11NO5. The molecule has 0 bridgehead atoms. The molecule has 0 spiro atoms. The van der Waals surface area contributed by atoms with Crippen molar-refractivity contribution in [2.24, 2.45) is 0 Å². The molecule has 0 aromatic heterocycles. The van der Waals surface area contributed by atoms with Gasteiger partial charge in [0.2, 0.25) is 5.91 Å². The summed E-state index contributed by atoms with van der Waals surface area (Å²) in [6.45, 7) is -0.0227. The summed E-state index contributed by atoms with van der Waals surface area (Å²) in [5.41, 5.74) is 0. The van der Waals surface area contributed by atoms with Crippen LogP contribution >= 0.6 is 0 Å². The SMILES string of the molecule is O=C(O)CCN1C(=O)CCC1C(=O)O. The highest BCUT2D eigenvalue weighted by Crippen LogP contribution is 2.18. The Bertz CT molecular complexity index is 275. The lowest BCUT2D eigenvalue weighted by Gasteiger charge is -2.20. The van der Waals surface area contributed by atoms with E-state index in [0.717, 1.165) is 4.90 Å². The summed E-state index contributed by atoms with van der Waals surface area (Å²) in [5.74, 6) is -2.38. The summed E-state index contributed by atoms with van der Waals surface area (Å²) in [6.07, 6.45) is 0.250. The van der Waals surface area contributed by atoms with Crippen LogP contribution in [0.3, 0.4) is 0 Å². The molecule has 1 amide bonds. The van der Waals surface area contributed by atoms with Crippen LogP contribution in [-0.4, -0.2) is 45.5 Å². The van der Waals surface area contributed by atoms with Crippen molar-refractivity contribution >= 4 is 17.8 Å². The van der Waals surface area contributed by atoms with Crippen molar-refractivity contribution in [2.45, 2.75) is 25.3 Å². The predicted octanol–water partition coefficient (Wildman–Crippen LogP) is -0.463. The molecule has 1 heterocycles. The van der Waals surface area contributed by atoms with Crippen LogP contribution in [0.5, 0.6) is 0 Å². The van der Waals surface area contributed by atoms with E-state index in [1.807, 2.05) is 0 Å². The Morgan fingerprint density at radius 2 is 2.07 bits per heavy atom. The van der Waals surface area contributed by atoms with Gasteiger partial charge in [-0.1, -0.05) is 0 Å². The lowest BCUT2D eigenvalue weighted by atomic mass is 10.2. The van der Waals surface area contributed by atoms with Gasteiger partial charge in [-0.05, 0) is 6.42 Å². The third-order valence-electron chi connectivity index (χ3n) is 2.18. The zero-order chi connectivity index (χ0) is 10.7. The van der Waals surface area contributed by atoms with Gasteiger partial charge < -0.3 is 15.1 Å². The highest BCUT2D eigenvalue weighted by atomic mass is 16.4. The number of rotatable bonds is 4. The quantitative estimate of drug-likeness (QED) is 0.641. The molecule has 14 heavy (non-hydrogen) atoms. The first kappa shape index (κ1) is 10.5. The normalized spacial score (nSPS) is 21.3. The average molecular weight is 201 g/mol. The van der Waals surface area contributed by atoms with Crippen LogP contribution in [0.4, 0.5) is 0 Å². The zero-order valence-corrected chi connectivity index (χ0v) is 7.47. The molecule has 0 radical (unpaired) electrons. The van der Waals surface area contributed by atoms with Crippen LogP contribution in [0, 0.1) is 0 Å². The van der Waals surface area contributed by atoms with Crippen molar-refractivity contribution in [1.29, 1.82) is 0 Å². The van der Waals surface area contributed by atoms with Gasteiger partial charge in [0.05, 0.1) is 6.42 Å². The first-order valence-electron chi connectivity index (χ1n) is 4.26. The van der Waals surface area contributed by atoms with Gasteiger partial charge in [0.1, 0.15) is 6.04 Å². The Kier molecular flexibility index (Phi) is 3.06. The minimum absolute atomic E-state index is 0.0227. The Morgan fingerprint density at radius 3 is 2.57 bits per heavy atom. The molecule has 6 heteroatoms. The van der Waals surface area contributed by atoms with E-state index in [2.05, 4.69) is 0 Å². The van der Waals surface area contributed by atoms with Crippen LogP contribution in [0.1, 0.15) is 19.3 Å². The highest BCUT2D eigenvalue weighted by Gasteiger charge is 2.35. The number of hydrogen-bond acceptors (Lipinski definition) is 3. The number of carbonyl (C=O) groups is 3. The van der Waals surface area contributed by atoms with Crippen LogP contribution < -0.4 is 0 Å². The number of carboxylic acid groups (broad SMARTS) is 2. The van der Waals surface area contributed by atoms with Gasteiger partial charge in [0.25, 0.3) is 0 Å². The Hall–Kier alpha value is -1.59. The number of amides is 1. The summed E-state index contributed by atoms with van der Waals surface area (Å²) in [6, 6.07) is -0.846. The van der Waals surface area contributed by atoms with Crippen LogP contribution in [0.15, 0.2) is 0 Å². The molecule has 1 unspecified atom stereocenters. The summed E-state index contributed by atoms with van der Waals surface area (Å²) in [4.78, 5) is 33.2. The van der Waals surface area contributed by atoms with Crippen molar-refractivity contribution in [3.05, 3.63) is 0 Å². The Morgan fingerprint density at radius 1 is 1.43 bits per heavy atom. The predicted molar refractivity (Wildman–Crippen MR) is 44.6 cm³/mol.